The van der Waals surface area contributed by atoms with Crippen molar-refractivity contribution >= 4 is 28.9 Å². The number of aliphatic hydroxyl groups excluding tert-OH is 2. The second-order valence-electron chi connectivity index (χ2n) is 9.75. The maximum Gasteiger partial charge on any atom is 0.255 e. The first-order valence-corrected chi connectivity index (χ1v) is 11.1. The van der Waals surface area contributed by atoms with Gasteiger partial charge in [-0.1, -0.05) is 0 Å². The molecule has 182 valence electrons. The summed E-state index contributed by atoms with van der Waals surface area (Å²) in [4.78, 5) is 40.3. The number of hydrogen-bond acceptors (Lipinski definition) is 9. The lowest BCUT2D eigenvalue weighted by Gasteiger charge is -2.50. The zero-order valence-corrected chi connectivity index (χ0v) is 19.4. The molecule has 0 aromatic heterocycles. The largest absolute Gasteiger partial charge is 0.508 e. The van der Waals surface area contributed by atoms with Gasteiger partial charge in [0.1, 0.15) is 22.8 Å². The molecule has 0 bridgehead atoms. The van der Waals surface area contributed by atoms with Crippen molar-refractivity contribution in [3.05, 3.63) is 40.2 Å². The van der Waals surface area contributed by atoms with Gasteiger partial charge in [-0.2, -0.15) is 0 Å². The van der Waals surface area contributed by atoms with E-state index in [1.807, 2.05) is 13.8 Å². The van der Waals surface area contributed by atoms with Gasteiger partial charge in [-0.15, -0.1) is 0 Å². The van der Waals surface area contributed by atoms with Crippen molar-refractivity contribution < 1.29 is 34.8 Å². The zero-order chi connectivity index (χ0) is 25.3. The van der Waals surface area contributed by atoms with Crippen LogP contribution in [-0.2, 0) is 20.8 Å². The first-order chi connectivity index (χ1) is 15.8. The molecule has 1 amide bonds. The summed E-state index contributed by atoms with van der Waals surface area (Å²) in [6.07, 6.45) is 0.306. The van der Waals surface area contributed by atoms with Crippen LogP contribution in [0.25, 0.3) is 5.76 Å². The number of primary amides is 1. The van der Waals surface area contributed by atoms with Crippen LogP contribution in [0.2, 0.25) is 0 Å². The van der Waals surface area contributed by atoms with Crippen LogP contribution >= 0.6 is 0 Å². The molecule has 0 spiro atoms. The number of Topliss-reactive ketones (excluding diaryl/α,β-unsaturated/α-hetero) is 2. The predicted molar refractivity (Wildman–Crippen MR) is 123 cm³/mol. The number of aliphatic hydroxyl groups is 3. The van der Waals surface area contributed by atoms with Crippen molar-refractivity contribution in [3.63, 3.8) is 0 Å². The number of carbonyl (C=O) groups is 3. The molecule has 3 aliphatic rings. The lowest BCUT2D eigenvalue weighted by molar-refractivity contribution is -0.153. The Morgan fingerprint density at radius 1 is 1.21 bits per heavy atom. The Balaban J connectivity index is 1.96. The molecular weight excluding hydrogens is 442 g/mol. The number of nitrogens with one attached hydrogen (secondary N) is 1. The fourth-order valence-electron chi connectivity index (χ4n) is 5.69. The highest BCUT2D eigenvalue weighted by Gasteiger charge is 2.64. The van der Waals surface area contributed by atoms with E-state index in [2.05, 4.69) is 5.32 Å². The normalized spacial score (nSPS) is 28.7. The highest BCUT2D eigenvalue weighted by Crippen LogP contribution is 2.53. The summed E-state index contributed by atoms with van der Waals surface area (Å²) >= 11 is 0. The van der Waals surface area contributed by atoms with Crippen LogP contribution < -0.4 is 11.1 Å². The number of nitrogens with two attached hydrogens (primary N) is 1. The highest BCUT2D eigenvalue weighted by atomic mass is 16.3. The summed E-state index contributed by atoms with van der Waals surface area (Å²) in [5, 5.41) is 47.3. The van der Waals surface area contributed by atoms with Gasteiger partial charge in [-0.3, -0.25) is 19.3 Å². The van der Waals surface area contributed by atoms with E-state index >= 15 is 0 Å². The van der Waals surface area contributed by atoms with E-state index in [0.29, 0.717) is 11.3 Å². The van der Waals surface area contributed by atoms with E-state index < -0.39 is 58.0 Å². The molecule has 10 nitrogen and oxygen atoms in total. The molecule has 4 atom stereocenters. The predicted octanol–water partition coefficient (Wildman–Crippen LogP) is 0.784. The Kier molecular flexibility index (Phi) is 5.49. The van der Waals surface area contributed by atoms with Crippen LogP contribution in [0, 0.1) is 11.8 Å². The summed E-state index contributed by atoms with van der Waals surface area (Å²) in [5.74, 6) is -6.57. The number of likely N-dealkylation sites (N-methyl/N-ethyl adjacent to an activating group) is 1. The van der Waals surface area contributed by atoms with Crippen molar-refractivity contribution in [3.8, 4) is 5.75 Å². The van der Waals surface area contributed by atoms with Crippen molar-refractivity contribution in [2.75, 3.05) is 19.4 Å². The summed E-state index contributed by atoms with van der Waals surface area (Å²) < 4.78 is 0. The summed E-state index contributed by atoms with van der Waals surface area (Å²) in [5.41, 5.74) is 3.06. The third-order valence-electron chi connectivity index (χ3n) is 7.05. The molecule has 0 radical (unpaired) electrons. The fourth-order valence-corrected chi connectivity index (χ4v) is 5.69. The Labute approximate surface area is 196 Å². The van der Waals surface area contributed by atoms with Gasteiger partial charge in [-0.25, -0.2) is 0 Å². The number of benzene rings is 1. The molecule has 0 heterocycles. The van der Waals surface area contributed by atoms with Crippen molar-refractivity contribution in [2.45, 2.75) is 44.4 Å². The molecule has 0 aliphatic heterocycles. The van der Waals surface area contributed by atoms with Crippen molar-refractivity contribution in [2.24, 2.45) is 17.6 Å². The minimum absolute atomic E-state index is 0.0580. The number of fused-ring (bicyclic) bond motifs is 3. The zero-order valence-electron chi connectivity index (χ0n) is 19.4. The maximum atomic E-state index is 13.7. The van der Waals surface area contributed by atoms with Crippen LogP contribution in [-0.4, -0.2) is 74.6 Å². The third-order valence-corrected chi connectivity index (χ3v) is 7.05. The topological polar surface area (TPSA) is 173 Å². The first-order valence-electron chi connectivity index (χ1n) is 11.1. The van der Waals surface area contributed by atoms with Gasteiger partial charge in [-0.05, 0) is 64.4 Å². The number of rotatable bonds is 4. The molecule has 3 aliphatic carbocycles. The highest BCUT2D eigenvalue weighted by molar-refractivity contribution is 6.24. The number of anilines is 1. The average Bonchev–Trinajstić information content (AvgIpc) is 2.72. The van der Waals surface area contributed by atoms with E-state index in [1.165, 1.54) is 11.0 Å². The summed E-state index contributed by atoms with van der Waals surface area (Å²) in [6, 6.07) is 2.04. The van der Waals surface area contributed by atoms with E-state index in [9.17, 15) is 34.8 Å². The number of phenolic OH excluding ortho intramolecular Hbond substituents is 1. The minimum atomic E-state index is -2.63. The lowest BCUT2D eigenvalue weighted by Crippen LogP contribution is -2.65. The second kappa shape index (κ2) is 7.85. The fraction of sp³-hybridized carbons (Fsp3) is 0.458. The van der Waals surface area contributed by atoms with Gasteiger partial charge in [0.25, 0.3) is 5.91 Å². The van der Waals surface area contributed by atoms with E-state index in [4.69, 9.17) is 5.73 Å². The van der Waals surface area contributed by atoms with Crippen LogP contribution in [0.3, 0.4) is 0 Å². The summed E-state index contributed by atoms with van der Waals surface area (Å²) in [7, 11) is 3.13. The number of aromatic hydroxyl groups is 1. The monoisotopic (exact) mass is 471 g/mol. The second-order valence-corrected chi connectivity index (χ2v) is 9.75. The Bertz CT molecular complexity index is 1180. The van der Waals surface area contributed by atoms with Gasteiger partial charge in [0.2, 0.25) is 5.78 Å². The number of hydrogen-bond donors (Lipinski definition) is 6. The van der Waals surface area contributed by atoms with Crippen molar-refractivity contribution in [1.82, 2.24) is 4.90 Å². The maximum absolute atomic E-state index is 13.7. The molecule has 0 saturated heterocycles. The molecule has 34 heavy (non-hydrogen) atoms. The molecule has 1 fully saturated rings. The Morgan fingerprint density at radius 2 is 1.85 bits per heavy atom. The standard InChI is InChI=1S/C24H29N3O7/c1-9(2)26-13-5-6-14(28)16-11(13)7-10-8-12-18(27(3)4)20(30)17(23(25)33)22(32)24(12,34)21(31)15(10)19(16)29/h5-6,9-10,12,18,26,28-29,32,34H,7-8H2,1-4H3,(H2,25,33)/t10-,12-,18-,24-/m0/s1. The van der Waals surface area contributed by atoms with Crippen LogP contribution in [0.1, 0.15) is 31.4 Å². The van der Waals surface area contributed by atoms with E-state index in [1.54, 1.807) is 20.2 Å². The molecule has 1 saturated carbocycles. The molecule has 0 unspecified atom stereocenters. The Hall–Kier alpha value is -3.37. The SMILES string of the molecule is CC(C)Nc1ccc(O)c2c1C[C@H]1C[C@H]3[C@H](N(C)C)C(=O)C(C(N)=O)=C(O)[C@@]3(O)C(=O)C1=C2O. The van der Waals surface area contributed by atoms with Gasteiger partial charge in [0, 0.05) is 23.2 Å². The van der Waals surface area contributed by atoms with E-state index in [0.717, 1.165) is 0 Å². The number of ketones is 2. The molecule has 4 rings (SSSR count). The average molecular weight is 472 g/mol. The number of carbonyl (C=O) groups excluding carboxylic acids is 3. The van der Waals surface area contributed by atoms with Crippen LogP contribution in [0.4, 0.5) is 5.69 Å². The van der Waals surface area contributed by atoms with E-state index in [-0.39, 0.29) is 35.8 Å². The van der Waals surface area contributed by atoms with Gasteiger partial charge >= 0.3 is 0 Å². The smallest absolute Gasteiger partial charge is 0.255 e. The summed E-state index contributed by atoms with van der Waals surface area (Å²) in [6.45, 7) is 3.88. The van der Waals surface area contributed by atoms with Gasteiger partial charge in [0.15, 0.2) is 11.4 Å². The quantitative estimate of drug-likeness (QED) is 0.274. The first kappa shape index (κ1) is 23.8. The molecule has 1 aromatic rings. The number of amides is 1. The Morgan fingerprint density at radius 3 is 2.41 bits per heavy atom. The lowest BCUT2D eigenvalue weighted by atomic mass is 9.57. The van der Waals surface area contributed by atoms with Crippen LogP contribution in [0.15, 0.2) is 29.0 Å². The molecule has 7 N–H and O–H groups in total. The molecule has 1 aromatic carbocycles. The van der Waals surface area contributed by atoms with Gasteiger partial charge < -0.3 is 31.5 Å². The van der Waals surface area contributed by atoms with Gasteiger partial charge in [0.05, 0.1) is 11.6 Å². The molecule has 10 heteroatoms. The molecular formula is C24H29N3O7. The third kappa shape index (κ3) is 3.13. The van der Waals surface area contributed by atoms with Crippen LogP contribution in [0.5, 0.6) is 5.75 Å². The minimum Gasteiger partial charge on any atom is -0.508 e. The number of nitrogens with zero attached hydrogens (tertiary/aromatic N) is 1. The van der Waals surface area contributed by atoms with Crippen molar-refractivity contribution in [1.29, 1.82) is 0 Å². The number of phenols is 1.